The average molecular weight is 370 g/mol. The first-order valence-corrected chi connectivity index (χ1v) is 6.67. The first-order valence-electron chi connectivity index (χ1n) is 6.67. The molecule has 0 aliphatic rings. The van der Waals surface area contributed by atoms with Crippen LogP contribution >= 0.6 is 24.0 Å². The van der Waals surface area contributed by atoms with E-state index in [9.17, 15) is 0 Å². The molecule has 0 aliphatic heterocycles. The molecule has 0 rings (SSSR count). The summed E-state index contributed by atoms with van der Waals surface area (Å²) in [6.07, 6.45) is 3.46. The third-order valence-electron chi connectivity index (χ3n) is 2.78. The van der Waals surface area contributed by atoms with Gasteiger partial charge in [-0.25, -0.2) is 0 Å². The van der Waals surface area contributed by atoms with Crippen LogP contribution in [0, 0.1) is 5.92 Å². The second-order valence-corrected chi connectivity index (χ2v) is 5.25. The monoisotopic (exact) mass is 370 g/mol. The molecular weight excluding hydrogens is 339 g/mol. The van der Waals surface area contributed by atoms with Crippen LogP contribution < -0.4 is 11.1 Å². The standard InChI is InChI=1S/C13H30N4.HI/c1-6-7-8-15-13(14)16-10-12(17(4)5)9-11(2)3;/h11-12H,6-10H2,1-5H3,(H3,14,15,16);1H. The zero-order chi connectivity index (χ0) is 13.3. The third-order valence-corrected chi connectivity index (χ3v) is 2.78. The average Bonchev–Trinajstić information content (AvgIpc) is 2.23. The smallest absolute Gasteiger partial charge is 0.188 e. The molecule has 3 N–H and O–H groups in total. The summed E-state index contributed by atoms with van der Waals surface area (Å²) in [5.41, 5.74) is 5.81. The normalized spacial score (nSPS) is 13.6. The molecule has 1 unspecified atom stereocenters. The van der Waals surface area contributed by atoms with Crippen LogP contribution in [0.4, 0.5) is 0 Å². The fourth-order valence-electron chi connectivity index (χ4n) is 1.65. The van der Waals surface area contributed by atoms with E-state index in [0.717, 1.165) is 25.9 Å². The molecule has 0 saturated heterocycles. The van der Waals surface area contributed by atoms with Gasteiger partial charge in [-0.2, -0.15) is 0 Å². The minimum atomic E-state index is 0. The van der Waals surface area contributed by atoms with Gasteiger partial charge in [-0.1, -0.05) is 27.2 Å². The Bertz CT molecular complexity index is 217. The maximum atomic E-state index is 5.81. The Morgan fingerprint density at radius 3 is 2.39 bits per heavy atom. The van der Waals surface area contributed by atoms with Gasteiger partial charge in [0.05, 0.1) is 6.54 Å². The van der Waals surface area contributed by atoms with Crippen molar-refractivity contribution in [3.8, 4) is 0 Å². The topological polar surface area (TPSA) is 53.6 Å². The fourth-order valence-corrected chi connectivity index (χ4v) is 1.65. The van der Waals surface area contributed by atoms with Gasteiger partial charge in [0.15, 0.2) is 5.96 Å². The maximum absolute atomic E-state index is 5.81. The number of unbranched alkanes of at least 4 members (excludes halogenated alkanes) is 1. The Balaban J connectivity index is 0. The molecule has 0 aromatic heterocycles. The van der Waals surface area contributed by atoms with Crippen LogP contribution in [-0.2, 0) is 0 Å². The lowest BCUT2D eigenvalue weighted by Gasteiger charge is -2.24. The van der Waals surface area contributed by atoms with Crippen LogP contribution in [-0.4, -0.2) is 44.1 Å². The molecule has 18 heavy (non-hydrogen) atoms. The van der Waals surface area contributed by atoms with Crippen molar-refractivity contribution in [2.24, 2.45) is 16.6 Å². The van der Waals surface area contributed by atoms with Crippen LogP contribution in [0.25, 0.3) is 0 Å². The Labute approximate surface area is 130 Å². The molecule has 0 saturated carbocycles. The van der Waals surface area contributed by atoms with Crippen LogP contribution in [0.3, 0.4) is 0 Å². The van der Waals surface area contributed by atoms with Crippen molar-refractivity contribution in [2.45, 2.75) is 46.1 Å². The quantitative estimate of drug-likeness (QED) is 0.298. The van der Waals surface area contributed by atoms with Gasteiger partial charge in [0.25, 0.3) is 0 Å². The number of nitrogens with zero attached hydrogens (tertiary/aromatic N) is 2. The molecule has 0 spiro atoms. The Hall–Kier alpha value is -0.0400. The van der Waals surface area contributed by atoms with Gasteiger partial charge in [-0.3, -0.25) is 4.99 Å². The minimum absolute atomic E-state index is 0. The lowest BCUT2D eigenvalue weighted by atomic mass is 10.0. The number of hydrogen-bond donors (Lipinski definition) is 2. The van der Waals surface area contributed by atoms with Crippen LogP contribution in [0.2, 0.25) is 0 Å². The molecule has 0 bridgehead atoms. The van der Waals surface area contributed by atoms with Gasteiger partial charge in [0.2, 0.25) is 0 Å². The Kier molecular flexibility index (Phi) is 13.5. The summed E-state index contributed by atoms with van der Waals surface area (Å²) in [5.74, 6) is 1.26. The van der Waals surface area contributed by atoms with Gasteiger partial charge < -0.3 is 16.0 Å². The highest BCUT2D eigenvalue weighted by atomic mass is 127. The van der Waals surface area contributed by atoms with Gasteiger partial charge >= 0.3 is 0 Å². The van der Waals surface area contributed by atoms with E-state index in [-0.39, 0.29) is 24.0 Å². The second-order valence-electron chi connectivity index (χ2n) is 5.25. The Morgan fingerprint density at radius 1 is 1.33 bits per heavy atom. The molecule has 0 aromatic carbocycles. The van der Waals surface area contributed by atoms with Gasteiger partial charge in [-0.05, 0) is 32.9 Å². The first-order chi connectivity index (χ1) is 7.97. The van der Waals surface area contributed by atoms with Crippen molar-refractivity contribution < 1.29 is 0 Å². The summed E-state index contributed by atoms with van der Waals surface area (Å²) in [6.45, 7) is 8.34. The molecule has 0 aromatic rings. The molecule has 110 valence electrons. The number of rotatable bonds is 8. The zero-order valence-electron chi connectivity index (χ0n) is 12.6. The predicted molar refractivity (Wildman–Crippen MR) is 91.7 cm³/mol. The van der Waals surface area contributed by atoms with E-state index in [2.05, 4.69) is 50.1 Å². The van der Waals surface area contributed by atoms with Crippen LogP contribution in [0.1, 0.15) is 40.0 Å². The van der Waals surface area contributed by atoms with E-state index < -0.39 is 0 Å². The van der Waals surface area contributed by atoms with Crippen molar-refractivity contribution in [1.29, 1.82) is 0 Å². The number of nitrogens with two attached hydrogens (primary N) is 1. The van der Waals surface area contributed by atoms with E-state index in [1.807, 2.05) is 0 Å². The van der Waals surface area contributed by atoms with Crippen molar-refractivity contribution in [2.75, 3.05) is 27.2 Å². The predicted octanol–water partition coefficient (Wildman–Crippen LogP) is 2.29. The van der Waals surface area contributed by atoms with Crippen LogP contribution in [0.5, 0.6) is 0 Å². The summed E-state index contributed by atoms with van der Waals surface area (Å²) in [7, 11) is 4.20. The molecule has 1 atom stereocenters. The number of guanidine groups is 1. The summed E-state index contributed by atoms with van der Waals surface area (Å²) in [6, 6.07) is 0.474. The number of halogens is 1. The summed E-state index contributed by atoms with van der Waals surface area (Å²) in [4.78, 5) is 6.64. The van der Waals surface area contributed by atoms with Crippen molar-refractivity contribution in [3.05, 3.63) is 0 Å². The number of likely N-dealkylation sites (N-methyl/N-ethyl adjacent to an activating group) is 1. The second kappa shape index (κ2) is 12.0. The summed E-state index contributed by atoms with van der Waals surface area (Å²) in [5, 5.41) is 3.14. The van der Waals surface area contributed by atoms with Gasteiger partial charge in [0.1, 0.15) is 0 Å². The number of aliphatic imine (C=N–C) groups is 1. The third kappa shape index (κ3) is 11.1. The van der Waals surface area contributed by atoms with E-state index in [4.69, 9.17) is 5.73 Å². The first kappa shape index (κ1) is 20.3. The highest BCUT2D eigenvalue weighted by molar-refractivity contribution is 14.0. The summed E-state index contributed by atoms with van der Waals surface area (Å²) >= 11 is 0. The van der Waals surface area contributed by atoms with E-state index >= 15 is 0 Å². The van der Waals surface area contributed by atoms with Crippen molar-refractivity contribution in [3.63, 3.8) is 0 Å². The molecule has 0 fully saturated rings. The molecule has 0 heterocycles. The molecule has 0 aliphatic carbocycles. The zero-order valence-corrected chi connectivity index (χ0v) is 14.9. The lowest BCUT2D eigenvalue weighted by molar-refractivity contribution is 0.261. The van der Waals surface area contributed by atoms with E-state index in [0.29, 0.717) is 17.9 Å². The van der Waals surface area contributed by atoms with E-state index in [1.54, 1.807) is 0 Å². The lowest BCUT2D eigenvalue weighted by Crippen LogP contribution is -2.36. The minimum Gasteiger partial charge on any atom is -0.370 e. The highest BCUT2D eigenvalue weighted by Gasteiger charge is 2.12. The van der Waals surface area contributed by atoms with Crippen molar-refractivity contribution in [1.82, 2.24) is 10.2 Å². The van der Waals surface area contributed by atoms with Crippen molar-refractivity contribution >= 4 is 29.9 Å². The maximum Gasteiger partial charge on any atom is 0.188 e. The SMILES string of the molecule is CCCCNC(N)=NCC(CC(C)C)N(C)C.I. The Morgan fingerprint density at radius 2 is 1.94 bits per heavy atom. The molecular formula is C13H31IN4. The molecule has 0 amide bonds. The summed E-state index contributed by atoms with van der Waals surface area (Å²) < 4.78 is 0. The molecule has 0 radical (unpaired) electrons. The highest BCUT2D eigenvalue weighted by Crippen LogP contribution is 2.09. The van der Waals surface area contributed by atoms with Gasteiger partial charge in [0, 0.05) is 12.6 Å². The fraction of sp³-hybridized carbons (Fsp3) is 0.923. The number of nitrogens with one attached hydrogen (secondary N) is 1. The largest absolute Gasteiger partial charge is 0.370 e. The van der Waals surface area contributed by atoms with Gasteiger partial charge in [-0.15, -0.1) is 24.0 Å². The number of hydrogen-bond acceptors (Lipinski definition) is 2. The van der Waals surface area contributed by atoms with E-state index in [1.165, 1.54) is 6.42 Å². The molecule has 5 heteroatoms. The van der Waals surface area contributed by atoms with Crippen LogP contribution in [0.15, 0.2) is 4.99 Å². The molecule has 4 nitrogen and oxygen atoms in total.